The number of pyridine rings is 1. The lowest BCUT2D eigenvalue weighted by atomic mass is 9.69. The SMILES string of the molecule is C=C/C=C\c1cc2ccccc2n1-c1cc(C2=CC=C(c3nc4ccccc4c4c5c(ccc34)C3(C4=C(CCC=C4)c4ccccc43)c3ccccc3-5)CC2)cc(-n2c3ccccc3c3ccccc32)c1. The van der Waals surface area contributed by atoms with E-state index in [4.69, 9.17) is 4.98 Å². The number of fused-ring (bicyclic) bond motifs is 17. The third-order valence-corrected chi connectivity index (χ3v) is 16.1. The first-order valence-electron chi connectivity index (χ1n) is 25.1. The Balaban J connectivity index is 0.937. The summed E-state index contributed by atoms with van der Waals surface area (Å²) in [5.41, 5.74) is 23.7. The number of hydrogen-bond donors (Lipinski definition) is 0. The van der Waals surface area contributed by atoms with Gasteiger partial charge in [-0.15, -0.1) is 0 Å². The van der Waals surface area contributed by atoms with Gasteiger partial charge in [0.15, 0.2) is 0 Å². The molecule has 3 nitrogen and oxygen atoms in total. The first kappa shape index (κ1) is 40.1. The minimum Gasteiger partial charge on any atom is -0.310 e. The molecule has 0 aliphatic heterocycles. The molecule has 1 unspecified atom stereocenters. The molecule has 4 aliphatic rings. The van der Waals surface area contributed by atoms with Gasteiger partial charge in [0.05, 0.1) is 33.2 Å². The minimum absolute atomic E-state index is 0.364. The lowest BCUT2D eigenvalue weighted by Crippen LogP contribution is -2.27. The predicted octanol–water partition coefficient (Wildman–Crippen LogP) is 17.3. The number of allylic oxidation sites excluding steroid dienone is 10. The van der Waals surface area contributed by atoms with Crippen molar-refractivity contribution in [3.05, 3.63) is 270 Å². The van der Waals surface area contributed by atoms with E-state index < -0.39 is 0 Å². The summed E-state index contributed by atoms with van der Waals surface area (Å²) in [6, 6.07) is 67.9. The van der Waals surface area contributed by atoms with E-state index in [1.54, 1.807) is 0 Å². The Hall–Kier alpha value is -8.79. The molecule has 0 N–H and O–H groups in total. The summed E-state index contributed by atoms with van der Waals surface area (Å²) in [6.45, 7) is 4.01. The highest BCUT2D eigenvalue weighted by Gasteiger charge is 2.52. The average molecular weight is 906 g/mol. The molecule has 8 aromatic carbocycles. The van der Waals surface area contributed by atoms with E-state index in [2.05, 4.69) is 228 Å². The van der Waals surface area contributed by atoms with E-state index in [-0.39, 0.29) is 5.41 Å². The number of hydrogen-bond acceptors (Lipinski definition) is 1. The molecule has 3 heteroatoms. The topological polar surface area (TPSA) is 22.8 Å². The molecule has 334 valence electrons. The Morgan fingerprint density at radius 1 is 0.535 bits per heavy atom. The van der Waals surface area contributed by atoms with E-state index in [9.17, 15) is 0 Å². The van der Waals surface area contributed by atoms with Gasteiger partial charge in [-0.3, -0.25) is 0 Å². The summed E-state index contributed by atoms with van der Waals surface area (Å²) in [7, 11) is 0. The molecule has 0 saturated heterocycles. The van der Waals surface area contributed by atoms with Crippen LogP contribution in [0.5, 0.6) is 0 Å². The molecule has 71 heavy (non-hydrogen) atoms. The monoisotopic (exact) mass is 905 g/mol. The predicted molar refractivity (Wildman–Crippen MR) is 298 cm³/mol. The third kappa shape index (κ3) is 5.63. The van der Waals surface area contributed by atoms with Gasteiger partial charge in [-0.2, -0.15) is 0 Å². The van der Waals surface area contributed by atoms with Crippen molar-refractivity contribution < 1.29 is 0 Å². The van der Waals surface area contributed by atoms with Crippen LogP contribution in [0.2, 0.25) is 0 Å². The van der Waals surface area contributed by atoms with Crippen LogP contribution in [0.3, 0.4) is 0 Å². The van der Waals surface area contributed by atoms with Crippen molar-refractivity contribution in [2.75, 3.05) is 0 Å². The van der Waals surface area contributed by atoms with Crippen LogP contribution in [0, 0.1) is 0 Å². The second-order valence-electron chi connectivity index (χ2n) is 19.6. The first-order chi connectivity index (χ1) is 35.2. The lowest BCUT2D eigenvalue weighted by Gasteiger charge is -2.32. The Morgan fingerprint density at radius 3 is 1.96 bits per heavy atom. The summed E-state index contributed by atoms with van der Waals surface area (Å²) in [5, 5.41) is 7.42. The van der Waals surface area contributed by atoms with Crippen molar-refractivity contribution in [3.8, 4) is 22.5 Å². The fraction of sp³-hybridized carbons (Fsp3) is 0.0735. The Labute approximate surface area is 412 Å². The van der Waals surface area contributed by atoms with Crippen molar-refractivity contribution in [1.29, 1.82) is 0 Å². The van der Waals surface area contributed by atoms with Gasteiger partial charge in [-0.1, -0.05) is 176 Å². The molecule has 0 bridgehead atoms. The molecule has 0 fully saturated rings. The normalized spacial score (nSPS) is 16.9. The molecule has 0 saturated carbocycles. The van der Waals surface area contributed by atoms with Crippen molar-refractivity contribution in [2.24, 2.45) is 0 Å². The van der Waals surface area contributed by atoms with E-state index in [1.165, 1.54) is 110 Å². The number of para-hydroxylation sites is 4. The molecule has 0 amide bonds. The van der Waals surface area contributed by atoms with E-state index in [1.807, 2.05) is 12.2 Å². The number of nitrogens with zero attached hydrogens (tertiary/aromatic N) is 3. The minimum atomic E-state index is -0.364. The van der Waals surface area contributed by atoms with Gasteiger partial charge >= 0.3 is 0 Å². The van der Waals surface area contributed by atoms with Crippen LogP contribution in [-0.2, 0) is 5.41 Å². The summed E-state index contributed by atoms with van der Waals surface area (Å²) >= 11 is 0. The van der Waals surface area contributed by atoms with Gasteiger partial charge < -0.3 is 9.13 Å². The molecular weight excluding hydrogens is 859 g/mol. The van der Waals surface area contributed by atoms with E-state index in [0.717, 1.165) is 54.0 Å². The molecule has 1 spiro atoms. The zero-order valence-electron chi connectivity index (χ0n) is 39.2. The fourth-order valence-corrected chi connectivity index (χ4v) is 13.2. The van der Waals surface area contributed by atoms with Crippen LogP contribution in [0.15, 0.2) is 231 Å². The Morgan fingerprint density at radius 2 is 1.18 bits per heavy atom. The van der Waals surface area contributed by atoms with Gasteiger partial charge in [0, 0.05) is 49.4 Å². The van der Waals surface area contributed by atoms with Crippen molar-refractivity contribution in [3.63, 3.8) is 0 Å². The summed E-state index contributed by atoms with van der Waals surface area (Å²) < 4.78 is 4.85. The fourth-order valence-electron chi connectivity index (χ4n) is 13.2. The van der Waals surface area contributed by atoms with Crippen LogP contribution in [0.25, 0.3) is 99.7 Å². The smallest absolute Gasteiger partial charge is 0.0748 e. The van der Waals surface area contributed by atoms with E-state index >= 15 is 0 Å². The molecular formula is C68H47N3. The van der Waals surface area contributed by atoms with Gasteiger partial charge in [-0.25, -0.2) is 4.98 Å². The molecule has 11 aromatic rings. The van der Waals surface area contributed by atoms with Gasteiger partial charge in [0.1, 0.15) is 0 Å². The van der Waals surface area contributed by atoms with Crippen LogP contribution >= 0.6 is 0 Å². The Kier molecular flexibility index (Phi) is 8.68. The maximum Gasteiger partial charge on any atom is 0.0748 e. The standard InChI is InChI=1S/C68H47N3/c1-2-3-19-47-39-45-18-4-15-30-62(45)70(47)48-40-46(41-49(42-48)71-63-31-16-9-22-52(63)53-23-10-17-32-64(53)71)43-33-35-44(36-34-43)67-56-37-38-60-66(65(56)55-25-8-14-29-61(55)69-67)54-24-7-13-28-59(54)68(60)57-26-11-5-20-50(57)51-21-6-12-27-58(51)68/h2-5,7-20,22-33,35,37-42H,1,6,21,34,36H2/b19-3-. The van der Waals surface area contributed by atoms with Crippen LogP contribution in [-0.4, -0.2) is 14.1 Å². The highest BCUT2D eigenvalue weighted by Crippen LogP contribution is 2.64. The highest BCUT2D eigenvalue weighted by molar-refractivity contribution is 6.19. The molecule has 1 atom stereocenters. The average Bonchev–Trinajstić information content (AvgIpc) is 4.16. The lowest BCUT2D eigenvalue weighted by molar-refractivity contribution is 0.781. The molecule has 0 radical (unpaired) electrons. The largest absolute Gasteiger partial charge is 0.310 e. The van der Waals surface area contributed by atoms with Crippen LogP contribution in [0.1, 0.15) is 64.9 Å². The quantitative estimate of drug-likeness (QED) is 0.120. The van der Waals surface area contributed by atoms with E-state index in [0.29, 0.717) is 0 Å². The summed E-state index contributed by atoms with van der Waals surface area (Å²) in [4.78, 5) is 5.58. The van der Waals surface area contributed by atoms with Crippen molar-refractivity contribution in [1.82, 2.24) is 14.1 Å². The maximum atomic E-state index is 5.58. The number of benzene rings is 8. The van der Waals surface area contributed by atoms with Crippen LogP contribution < -0.4 is 0 Å². The molecule has 3 heterocycles. The second kappa shape index (κ2) is 15.4. The van der Waals surface area contributed by atoms with Gasteiger partial charge in [0.25, 0.3) is 0 Å². The van der Waals surface area contributed by atoms with Gasteiger partial charge in [0.2, 0.25) is 0 Å². The molecule has 3 aromatic heterocycles. The maximum absolute atomic E-state index is 5.58. The number of aromatic nitrogens is 3. The third-order valence-electron chi connectivity index (χ3n) is 16.1. The first-order valence-corrected chi connectivity index (χ1v) is 25.1. The Bertz CT molecular complexity index is 4260. The van der Waals surface area contributed by atoms with Crippen molar-refractivity contribution >= 4 is 77.2 Å². The van der Waals surface area contributed by atoms with Crippen LogP contribution in [0.4, 0.5) is 0 Å². The summed E-state index contributed by atoms with van der Waals surface area (Å²) in [5.74, 6) is 0. The zero-order valence-corrected chi connectivity index (χ0v) is 39.2. The second-order valence-corrected chi connectivity index (χ2v) is 19.6. The molecule has 15 rings (SSSR count). The molecule has 4 aliphatic carbocycles. The zero-order chi connectivity index (χ0) is 46.8. The van der Waals surface area contributed by atoms with Gasteiger partial charge in [-0.05, 0) is 142 Å². The van der Waals surface area contributed by atoms with Crippen molar-refractivity contribution in [2.45, 2.75) is 31.1 Å². The highest BCUT2D eigenvalue weighted by atomic mass is 15.0. The summed E-state index contributed by atoms with van der Waals surface area (Å²) in [6.07, 6.45) is 19.5. The number of rotatable bonds is 6.